The minimum absolute atomic E-state index is 0.00257. The molecule has 6 rings (SSSR count). The molecule has 5 atom stereocenters. The number of amides is 1. The topological polar surface area (TPSA) is 163 Å². The van der Waals surface area contributed by atoms with Crippen LogP contribution in [0, 0.1) is 0 Å². The molecule has 202 valence electrons. The number of likely N-dealkylation sites (tertiary alicyclic amines) is 1. The second-order valence-corrected chi connectivity index (χ2v) is 10.8. The summed E-state index contributed by atoms with van der Waals surface area (Å²) < 4.78 is 12.4. The average molecular weight is 524 g/mol. The van der Waals surface area contributed by atoms with Gasteiger partial charge in [0.15, 0.2) is 17.6 Å². The van der Waals surface area contributed by atoms with Crippen LogP contribution in [0.5, 0.6) is 11.5 Å². The summed E-state index contributed by atoms with van der Waals surface area (Å²) in [5.74, 6) is -0.374. The molecule has 1 saturated heterocycles. The number of nitrogens with two attached hydrogens (primary N) is 1. The van der Waals surface area contributed by atoms with Crippen LogP contribution in [0.2, 0.25) is 0 Å². The molecule has 1 fully saturated rings. The number of esters is 1. The number of H-pyrrole nitrogens is 1. The molecule has 0 saturated carbocycles. The summed E-state index contributed by atoms with van der Waals surface area (Å²) in [6.07, 6.45) is 6.56. The molecular formula is C27H33N5O6. The highest BCUT2D eigenvalue weighted by molar-refractivity contribution is 5.85. The van der Waals surface area contributed by atoms with Crippen LogP contribution in [-0.2, 0) is 32.6 Å². The smallest absolute Gasteiger partial charge is 0.334 e. The van der Waals surface area contributed by atoms with E-state index in [1.54, 1.807) is 18.3 Å². The zero-order valence-electron chi connectivity index (χ0n) is 21.3. The number of rotatable bonds is 7. The van der Waals surface area contributed by atoms with Crippen molar-refractivity contribution in [3.63, 3.8) is 0 Å². The van der Waals surface area contributed by atoms with Gasteiger partial charge >= 0.3 is 5.97 Å². The number of phenols is 1. The van der Waals surface area contributed by atoms with Gasteiger partial charge in [0.1, 0.15) is 11.8 Å². The highest BCUT2D eigenvalue weighted by atomic mass is 16.6. The molecule has 2 bridgehead atoms. The summed E-state index contributed by atoms with van der Waals surface area (Å²) in [6, 6.07) is 2.39. The Morgan fingerprint density at radius 3 is 3.03 bits per heavy atom. The molecule has 1 aromatic heterocycles. The van der Waals surface area contributed by atoms with E-state index >= 15 is 0 Å². The van der Waals surface area contributed by atoms with Crippen molar-refractivity contribution in [2.75, 3.05) is 20.1 Å². The van der Waals surface area contributed by atoms with Crippen LogP contribution in [-0.4, -0.2) is 80.9 Å². The van der Waals surface area contributed by atoms with Gasteiger partial charge in [-0.2, -0.15) is 0 Å². The van der Waals surface area contributed by atoms with Crippen molar-refractivity contribution in [3.05, 3.63) is 53.3 Å². The van der Waals surface area contributed by atoms with Gasteiger partial charge in [-0.3, -0.25) is 4.79 Å². The number of ether oxygens (including phenoxy) is 2. The number of nitrogens with zero attached hydrogens (tertiary/aromatic N) is 2. The molecule has 11 heteroatoms. The SMILES string of the molecule is CN1CCC[C@]23c4c5ccc(O)c4O[C@H]2C(OC(=O)[C@H](Cc2cnc[nH]2)NC(=O)CCN)=CC[C@@]3(O)[C@H]1C5. The minimum Gasteiger partial charge on any atom is -0.504 e. The van der Waals surface area contributed by atoms with Crippen molar-refractivity contribution in [2.24, 2.45) is 5.73 Å². The Bertz CT molecular complexity index is 1300. The third-order valence-electron chi connectivity index (χ3n) is 8.76. The first-order valence-corrected chi connectivity index (χ1v) is 13.1. The second-order valence-electron chi connectivity index (χ2n) is 10.8. The first-order valence-electron chi connectivity index (χ1n) is 13.1. The predicted molar refractivity (Wildman–Crippen MR) is 135 cm³/mol. The monoisotopic (exact) mass is 523 g/mol. The number of aromatic amines is 1. The van der Waals surface area contributed by atoms with E-state index < -0.39 is 29.1 Å². The van der Waals surface area contributed by atoms with Gasteiger partial charge in [-0.15, -0.1) is 0 Å². The van der Waals surface area contributed by atoms with Crippen LogP contribution in [0.25, 0.3) is 0 Å². The van der Waals surface area contributed by atoms with Gasteiger partial charge in [-0.25, -0.2) is 9.78 Å². The fraction of sp³-hybridized carbons (Fsp3) is 0.519. The van der Waals surface area contributed by atoms with E-state index in [4.69, 9.17) is 15.2 Å². The van der Waals surface area contributed by atoms with Crippen LogP contribution in [0.15, 0.2) is 36.5 Å². The number of carbonyl (C=O) groups excluding carboxylic acids is 2. The lowest BCUT2D eigenvalue weighted by atomic mass is 9.52. The molecule has 38 heavy (non-hydrogen) atoms. The largest absolute Gasteiger partial charge is 0.504 e. The lowest BCUT2D eigenvalue weighted by Crippen LogP contribution is -2.69. The number of aliphatic hydroxyl groups is 1. The Labute approximate surface area is 220 Å². The Balaban J connectivity index is 1.37. The molecule has 1 spiro atoms. The van der Waals surface area contributed by atoms with E-state index in [2.05, 4.69) is 20.2 Å². The van der Waals surface area contributed by atoms with Crippen molar-refractivity contribution < 1.29 is 29.3 Å². The van der Waals surface area contributed by atoms with E-state index in [0.717, 1.165) is 24.1 Å². The third kappa shape index (κ3) is 3.56. The van der Waals surface area contributed by atoms with Gasteiger partial charge in [-0.1, -0.05) is 6.07 Å². The molecule has 0 unspecified atom stereocenters. The van der Waals surface area contributed by atoms with E-state index in [9.17, 15) is 19.8 Å². The quantitative estimate of drug-likeness (QED) is 0.323. The second kappa shape index (κ2) is 9.11. The lowest BCUT2D eigenvalue weighted by molar-refractivity contribution is -0.152. The van der Waals surface area contributed by atoms with Gasteiger partial charge in [0.2, 0.25) is 5.91 Å². The Kier molecular flexibility index (Phi) is 5.97. The summed E-state index contributed by atoms with van der Waals surface area (Å²) in [5, 5.41) is 25.9. The molecule has 1 aromatic carbocycles. The van der Waals surface area contributed by atoms with E-state index in [1.807, 2.05) is 13.1 Å². The van der Waals surface area contributed by atoms with Gasteiger partial charge in [-0.05, 0) is 50.6 Å². The van der Waals surface area contributed by atoms with Crippen LogP contribution >= 0.6 is 0 Å². The van der Waals surface area contributed by atoms with Crippen LogP contribution in [0.1, 0.15) is 42.5 Å². The van der Waals surface area contributed by atoms with Crippen molar-refractivity contribution in [1.29, 1.82) is 0 Å². The van der Waals surface area contributed by atoms with Crippen LogP contribution in [0.3, 0.4) is 0 Å². The van der Waals surface area contributed by atoms with Gasteiger partial charge in [0, 0.05) is 49.3 Å². The van der Waals surface area contributed by atoms with Crippen LogP contribution < -0.4 is 15.8 Å². The number of nitrogens with one attached hydrogen (secondary N) is 2. The van der Waals surface area contributed by atoms with Crippen molar-refractivity contribution in [1.82, 2.24) is 20.2 Å². The standard InChI is InChI=1S/C27H33N5O6/c1-32-10-2-7-26-22-15-3-4-18(33)23(22)38-24(26)19(5-8-27(26,36)20(32)11-15)37-25(35)17(31-21(34)6-9-28)12-16-13-29-14-30-16/h3-5,13-14,17,20,24,33,36H,2,6-12,28H2,1H3,(H,29,30)(H,31,34)/t17-,20+,24-,26-,27+/m0/s1. The summed E-state index contributed by atoms with van der Waals surface area (Å²) in [5.41, 5.74) is 5.99. The molecule has 2 aliphatic carbocycles. The molecule has 3 heterocycles. The maximum Gasteiger partial charge on any atom is 0.334 e. The summed E-state index contributed by atoms with van der Waals surface area (Å²) in [7, 11) is 2.03. The summed E-state index contributed by atoms with van der Waals surface area (Å²) in [4.78, 5) is 35.0. The van der Waals surface area contributed by atoms with Gasteiger partial charge in [0.25, 0.3) is 0 Å². The number of aromatic nitrogens is 2. The minimum atomic E-state index is -1.17. The van der Waals surface area contributed by atoms with Crippen molar-refractivity contribution >= 4 is 11.9 Å². The Morgan fingerprint density at radius 1 is 1.42 bits per heavy atom. The number of hydrogen-bond acceptors (Lipinski definition) is 9. The number of aromatic hydroxyl groups is 1. The highest BCUT2D eigenvalue weighted by Gasteiger charge is 2.71. The predicted octanol–water partition coefficient (Wildman–Crippen LogP) is 0.403. The zero-order chi connectivity index (χ0) is 26.7. The Morgan fingerprint density at radius 2 is 2.26 bits per heavy atom. The number of phenolic OH excluding ortho intramolecular Hbond substituents is 1. The molecule has 11 nitrogen and oxygen atoms in total. The summed E-state index contributed by atoms with van der Waals surface area (Å²) in [6.45, 7) is 0.963. The van der Waals surface area contributed by atoms with Gasteiger partial charge < -0.3 is 40.6 Å². The van der Waals surface area contributed by atoms with E-state index in [0.29, 0.717) is 24.3 Å². The number of hydrogen-bond donors (Lipinski definition) is 5. The molecule has 0 radical (unpaired) electrons. The Hall–Kier alpha value is -3.41. The van der Waals surface area contributed by atoms with Crippen LogP contribution in [0.4, 0.5) is 0 Å². The molecule has 4 aliphatic rings. The van der Waals surface area contributed by atoms with Gasteiger partial charge in [0.05, 0.1) is 17.3 Å². The third-order valence-corrected chi connectivity index (χ3v) is 8.76. The lowest BCUT2D eigenvalue weighted by Gasteiger charge is -2.56. The normalized spacial score (nSPS) is 29.9. The number of benzene rings is 1. The highest BCUT2D eigenvalue weighted by Crippen LogP contribution is 2.64. The first kappa shape index (κ1) is 24.9. The average Bonchev–Trinajstić information content (AvgIpc) is 3.51. The van der Waals surface area contributed by atoms with Crippen molar-refractivity contribution in [3.8, 4) is 11.5 Å². The fourth-order valence-corrected chi connectivity index (χ4v) is 7.09. The molecule has 2 aromatic rings. The maximum absolute atomic E-state index is 13.5. The zero-order valence-corrected chi connectivity index (χ0v) is 21.3. The van der Waals surface area contributed by atoms with Crippen molar-refractivity contribution in [2.45, 2.75) is 67.7 Å². The van der Waals surface area contributed by atoms with E-state index in [1.165, 1.54) is 6.33 Å². The number of carbonyl (C=O) groups is 2. The molecule has 1 amide bonds. The summed E-state index contributed by atoms with van der Waals surface area (Å²) >= 11 is 0. The molecular weight excluding hydrogens is 490 g/mol. The fourth-order valence-electron chi connectivity index (χ4n) is 7.09. The van der Waals surface area contributed by atoms with E-state index in [-0.39, 0.29) is 49.3 Å². The number of likely N-dealkylation sites (N-methyl/N-ethyl adjacent to an activating group) is 1. The first-order chi connectivity index (χ1) is 18.3. The molecule has 6 N–H and O–H groups in total. The molecule has 2 aliphatic heterocycles. The number of imidazole rings is 1. The maximum atomic E-state index is 13.5.